The highest BCUT2D eigenvalue weighted by Gasteiger charge is 2.34. The Labute approximate surface area is 149 Å². The SMILES string of the molecule is CC(C)N(C(=O)c1cc(C2CC2)nc2c1cnn2C(C)C)C1CCC1. The van der Waals surface area contributed by atoms with Gasteiger partial charge in [0.1, 0.15) is 0 Å². The lowest BCUT2D eigenvalue weighted by Crippen LogP contribution is -2.48. The highest BCUT2D eigenvalue weighted by Crippen LogP contribution is 2.41. The smallest absolute Gasteiger partial charge is 0.255 e. The summed E-state index contributed by atoms with van der Waals surface area (Å²) in [6.45, 7) is 8.45. The first-order valence-electron chi connectivity index (χ1n) is 9.68. The number of carbonyl (C=O) groups is 1. The molecule has 2 aromatic heterocycles. The Morgan fingerprint density at radius 1 is 1.20 bits per heavy atom. The maximum Gasteiger partial charge on any atom is 0.255 e. The van der Waals surface area contributed by atoms with Crippen molar-refractivity contribution in [2.24, 2.45) is 0 Å². The highest BCUT2D eigenvalue weighted by molar-refractivity contribution is 6.05. The van der Waals surface area contributed by atoms with Gasteiger partial charge in [-0.3, -0.25) is 4.79 Å². The van der Waals surface area contributed by atoms with Gasteiger partial charge in [-0.05, 0) is 65.9 Å². The number of hydrogen-bond acceptors (Lipinski definition) is 3. The average Bonchev–Trinajstić information content (AvgIpc) is 3.27. The summed E-state index contributed by atoms with van der Waals surface area (Å²) in [5, 5.41) is 5.42. The minimum absolute atomic E-state index is 0.150. The second-order valence-corrected chi connectivity index (χ2v) is 8.18. The number of carbonyl (C=O) groups excluding carboxylic acids is 1. The topological polar surface area (TPSA) is 51.0 Å². The molecule has 2 aliphatic carbocycles. The van der Waals surface area contributed by atoms with Crippen LogP contribution in [0.25, 0.3) is 11.0 Å². The molecule has 2 saturated carbocycles. The largest absolute Gasteiger partial charge is 0.333 e. The molecule has 0 bridgehead atoms. The second-order valence-electron chi connectivity index (χ2n) is 8.18. The zero-order valence-corrected chi connectivity index (χ0v) is 15.7. The van der Waals surface area contributed by atoms with Crippen molar-refractivity contribution in [3.05, 3.63) is 23.5 Å². The van der Waals surface area contributed by atoms with E-state index in [1.165, 1.54) is 19.3 Å². The number of pyridine rings is 1. The molecule has 0 unspecified atom stereocenters. The number of fused-ring (bicyclic) bond motifs is 1. The lowest BCUT2D eigenvalue weighted by molar-refractivity contribution is 0.0491. The molecule has 0 spiro atoms. The fourth-order valence-electron chi connectivity index (χ4n) is 3.81. The Kier molecular flexibility index (Phi) is 4.05. The van der Waals surface area contributed by atoms with Crippen molar-refractivity contribution in [1.29, 1.82) is 0 Å². The van der Waals surface area contributed by atoms with Crippen LogP contribution in [0, 0.1) is 0 Å². The third-order valence-corrected chi connectivity index (χ3v) is 5.56. The van der Waals surface area contributed by atoms with Crippen LogP contribution < -0.4 is 0 Å². The Morgan fingerprint density at radius 3 is 2.44 bits per heavy atom. The fraction of sp³-hybridized carbons (Fsp3) is 0.650. The molecule has 134 valence electrons. The van der Waals surface area contributed by atoms with Crippen molar-refractivity contribution in [3.63, 3.8) is 0 Å². The molecule has 5 nitrogen and oxygen atoms in total. The van der Waals surface area contributed by atoms with Crippen molar-refractivity contribution >= 4 is 16.9 Å². The van der Waals surface area contributed by atoms with Crippen LogP contribution in [-0.2, 0) is 0 Å². The Morgan fingerprint density at radius 2 is 1.92 bits per heavy atom. The van der Waals surface area contributed by atoms with E-state index in [4.69, 9.17) is 4.98 Å². The van der Waals surface area contributed by atoms with Crippen molar-refractivity contribution in [3.8, 4) is 0 Å². The monoisotopic (exact) mass is 340 g/mol. The van der Waals surface area contributed by atoms with E-state index in [9.17, 15) is 4.79 Å². The number of aromatic nitrogens is 3. The second kappa shape index (κ2) is 6.11. The Balaban J connectivity index is 1.83. The minimum Gasteiger partial charge on any atom is -0.333 e. The summed E-state index contributed by atoms with van der Waals surface area (Å²) >= 11 is 0. The predicted molar refractivity (Wildman–Crippen MR) is 98.8 cm³/mol. The van der Waals surface area contributed by atoms with E-state index in [1.807, 2.05) is 16.9 Å². The molecule has 1 amide bonds. The van der Waals surface area contributed by atoms with Gasteiger partial charge in [-0.2, -0.15) is 5.10 Å². The van der Waals surface area contributed by atoms with Gasteiger partial charge < -0.3 is 4.90 Å². The van der Waals surface area contributed by atoms with Gasteiger partial charge in [-0.25, -0.2) is 9.67 Å². The molecule has 2 heterocycles. The van der Waals surface area contributed by atoms with Gasteiger partial charge >= 0.3 is 0 Å². The summed E-state index contributed by atoms with van der Waals surface area (Å²) < 4.78 is 1.95. The molecule has 5 heteroatoms. The zero-order chi connectivity index (χ0) is 17.7. The van der Waals surface area contributed by atoms with Gasteiger partial charge in [-0.15, -0.1) is 0 Å². The van der Waals surface area contributed by atoms with Crippen LogP contribution in [-0.4, -0.2) is 37.7 Å². The van der Waals surface area contributed by atoms with Crippen LogP contribution in [0.2, 0.25) is 0 Å². The van der Waals surface area contributed by atoms with Crippen LogP contribution in [0.1, 0.15) is 87.8 Å². The summed E-state index contributed by atoms with van der Waals surface area (Å²) in [7, 11) is 0. The Bertz CT molecular complexity index is 799. The number of rotatable bonds is 5. The van der Waals surface area contributed by atoms with E-state index in [-0.39, 0.29) is 18.0 Å². The van der Waals surface area contributed by atoms with Crippen molar-refractivity contribution in [2.75, 3.05) is 0 Å². The molecular weight excluding hydrogens is 312 g/mol. The van der Waals surface area contributed by atoms with Gasteiger partial charge in [0, 0.05) is 29.7 Å². The molecule has 0 radical (unpaired) electrons. The third kappa shape index (κ3) is 2.83. The molecule has 0 aromatic carbocycles. The Hall–Kier alpha value is -1.91. The first-order valence-corrected chi connectivity index (χ1v) is 9.68. The molecule has 0 aliphatic heterocycles. The van der Waals surface area contributed by atoms with Gasteiger partial charge in [0.05, 0.1) is 17.1 Å². The fourth-order valence-corrected chi connectivity index (χ4v) is 3.81. The average molecular weight is 340 g/mol. The van der Waals surface area contributed by atoms with E-state index in [0.717, 1.165) is 35.1 Å². The van der Waals surface area contributed by atoms with E-state index in [1.54, 1.807) is 0 Å². The molecule has 2 aromatic rings. The van der Waals surface area contributed by atoms with E-state index >= 15 is 0 Å². The lowest BCUT2D eigenvalue weighted by atomic mass is 9.89. The molecular formula is C20H28N4O. The molecule has 0 atom stereocenters. The highest BCUT2D eigenvalue weighted by atomic mass is 16.2. The summed E-state index contributed by atoms with van der Waals surface area (Å²) in [6, 6.07) is 2.88. The first-order chi connectivity index (χ1) is 12.0. The minimum atomic E-state index is 0.150. The van der Waals surface area contributed by atoms with Crippen molar-refractivity contribution in [2.45, 2.75) is 83.8 Å². The lowest BCUT2D eigenvalue weighted by Gasteiger charge is -2.40. The van der Waals surface area contributed by atoms with Crippen LogP contribution in [0.3, 0.4) is 0 Å². The van der Waals surface area contributed by atoms with E-state index in [0.29, 0.717) is 12.0 Å². The maximum atomic E-state index is 13.5. The molecule has 2 aliphatic rings. The van der Waals surface area contributed by atoms with Gasteiger partial charge in [-0.1, -0.05) is 0 Å². The summed E-state index contributed by atoms with van der Waals surface area (Å²) in [5.74, 6) is 0.667. The van der Waals surface area contributed by atoms with Crippen LogP contribution in [0.4, 0.5) is 0 Å². The zero-order valence-electron chi connectivity index (χ0n) is 15.7. The third-order valence-electron chi connectivity index (χ3n) is 5.56. The van der Waals surface area contributed by atoms with Gasteiger partial charge in [0.2, 0.25) is 0 Å². The molecule has 0 saturated heterocycles. The number of amides is 1. The van der Waals surface area contributed by atoms with Crippen LogP contribution in [0.5, 0.6) is 0 Å². The molecule has 2 fully saturated rings. The number of nitrogens with zero attached hydrogens (tertiary/aromatic N) is 4. The predicted octanol–water partition coefficient (Wildman–Crippen LogP) is 4.29. The van der Waals surface area contributed by atoms with Crippen LogP contribution >= 0.6 is 0 Å². The molecule has 25 heavy (non-hydrogen) atoms. The maximum absolute atomic E-state index is 13.5. The van der Waals surface area contributed by atoms with E-state index < -0.39 is 0 Å². The summed E-state index contributed by atoms with van der Waals surface area (Å²) in [4.78, 5) is 20.4. The summed E-state index contributed by atoms with van der Waals surface area (Å²) in [5.41, 5.74) is 2.72. The standard InChI is InChI=1S/C20H28N4O/c1-12(2)23(15-6-5-7-15)20(25)16-10-18(14-8-9-14)22-19-17(16)11-21-24(19)13(3)4/h10-15H,5-9H2,1-4H3. The van der Waals surface area contributed by atoms with Crippen molar-refractivity contribution in [1.82, 2.24) is 19.7 Å². The molecule has 4 rings (SSSR count). The van der Waals surface area contributed by atoms with Gasteiger partial charge in [0.25, 0.3) is 5.91 Å². The molecule has 0 N–H and O–H groups in total. The van der Waals surface area contributed by atoms with Crippen molar-refractivity contribution < 1.29 is 4.79 Å². The van der Waals surface area contributed by atoms with Crippen LogP contribution in [0.15, 0.2) is 12.3 Å². The first kappa shape index (κ1) is 16.6. The quantitative estimate of drug-likeness (QED) is 0.816. The summed E-state index contributed by atoms with van der Waals surface area (Å²) in [6.07, 6.45) is 7.66. The van der Waals surface area contributed by atoms with E-state index in [2.05, 4.69) is 37.7 Å². The van der Waals surface area contributed by atoms with Gasteiger partial charge in [0.15, 0.2) is 5.65 Å². The normalized spacial score (nSPS) is 18.2. The number of hydrogen-bond donors (Lipinski definition) is 0.